The van der Waals surface area contributed by atoms with Gasteiger partial charge in [0.25, 0.3) is 0 Å². The van der Waals surface area contributed by atoms with Crippen LogP contribution in [0.25, 0.3) is 0 Å². The van der Waals surface area contributed by atoms with Gasteiger partial charge in [0.15, 0.2) is 0 Å². The summed E-state index contributed by atoms with van der Waals surface area (Å²) in [6, 6.07) is 6.29. The molecule has 1 aliphatic carbocycles. The lowest BCUT2D eigenvalue weighted by atomic mass is 9.80. The Balaban J connectivity index is 2.61. The predicted molar refractivity (Wildman–Crippen MR) is 56.7 cm³/mol. The van der Waals surface area contributed by atoms with Crippen molar-refractivity contribution in [3.05, 3.63) is 29.3 Å². The minimum Gasteiger partial charge on any atom is -0.398 e. The highest BCUT2D eigenvalue weighted by Gasteiger charge is 2.36. The van der Waals surface area contributed by atoms with Crippen LogP contribution in [-0.4, -0.2) is 0 Å². The molecule has 2 N–H and O–H groups in total. The van der Waals surface area contributed by atoms with E-state index >= 15 is 0 Å². The fraction of sp³-hybridized carbons (Fsp3) is 0.500. The molecule has 0 radical (unpaired) electrons. The zero-order valence-corrected chi connectivity index (χ0v) is 8.59. The van der Waals surface area contributed by atoms with Crippen molar-refractivity contribution in [3.8, 4) is 0 Å². The molecular formula is C12H17N. The summed E-state index contributed by atoms with van der Waals surface area (Å²) in [5.41, 5.74) is 10.0. The van der Waals surface area contributed by atoms with E-state index in [9.17, 15) is 0 Å². The van der Waals surface area contributed by atoms with Crippen LogP contribution in [-0.2, 0) is 11.8 Å². The van der Waals surface area contributed by atoms with Gasteiger partial charge in [-0.3, -0.25) is 0 Å². The number of nitrogens with two attached hydrogens (primary N) is 1. The molecule has 70 valence electrons. The second kappa shape index (κ2) is 2.50. The number of anilines is 1. The van der Waals surface area contributed by atoms with E-state index < -0.39 is 0 Å². The summed E-state index contributed by atoms with van der Waals surface area (Å²) in [4.78, 5) is 0. The first kappa shape index (κ1) is 8.61. The Morgan fingerprint density at radius 1 is 1.38 bits per heavy atom. The Labute approximate surface area is 80.0 Å². The normalized spacial score (nSPS) is 24.4. The fourth-order valence-electron chi connectivity index (χ4n) is 2.26. The molecule has 0 fully saturated rings. The van der Waals surface area contributed by atoms with Crippen LogP contribution in [0.5, 0.6) is 0 Å². The van der Waals surface area contributed by atoms with Crippen LogP contribution >= 0.6 is 0 Å². The number of hydrogen-bond acceptors (Lipinski definition) is 1. The zero-order chi connectivity index (χ0) is 9.64. The molecule has 1 aromatic rings. The average Bonchev–Trinajstić information content (AvgIpc) is 2.28. The van der Waals surface area contributed by atoms with Crippen LogP contribution in [0.15, 0.2) is 18.2 Å². The van der Waals surface area contributed by atoms with Gasteiger partial charge >= 0.3 is 0 Å². The standard InChI is InChI=1S/C12H17N/c1-8-7-9-10(12(8,2)3)5-4-6-11(9)13/h4-6,8H,7,13H2,1-3H3/t8-/m1/s1. The molecule has 0 unspecified atom stereocenters. The van der Waals surface area contributed by atoms with E-state index in [-0.39, 0.29) is 0 Å². The first-order valence-corrected chi connectivity index (χ1v) is 4.91. The second-order valence-corrected chi connectivity index (χ2v) is 4.70. The monoisotopic (exact) mass is 175 g/mol. The highest BCUT2D eigenvalue weighted by atomic mass is 14.6. The lowest BCUT2D eigenvalue weighted by Crippen LogP contribution is -2.21. The molecule has 1 atom stereocenters. The summed E-state index contributed by atoms with van der Waals surface area (Å²) in [6.07, 6.45) is 1.13. The largest absolute Gasteiger partial charge is 0.398 e. The molecule has 1 nitrogen and oxygen atoms in total. The van der Waals surface area contributed by atoms with Gasteiger partial charge in [-0.2, -0.15) is 0 Å². The van der Waals surface area contributed by atoms with E-state index in [2.05, 4.69) is 32.9 Å². The van der Waals surface area contributed by atoms with Gasteiger partial charge in [0.2, 0.25) is 0 Å². The molecule has 0 saturated carbocycles. The molecule has 1 heteroatoms. The SMILES string of the molecule is C[C@@H]1Cc2c(N)cccc2C1(C)C. The molecule has 0 saturated heterocycles. The minimum atomic E-state index is 0.296. The first-order chi connectivity index (χ1) is 6.03. The maximum Gasteiger partial charge on any atom is 0.0349 e. The first-order valence-electron chi connectivity index (χ1n) is 4.91. The third-order valence-corrected chi connectivity index (χ3v) is 3.65. The molecule has 0 bridgehead atoms. The number of nitrogen functional groups attached to an aromatic ring is 1. The molecule has 0 aliphatic heterocycles. The van der Waals surface area contributed by atoms with Gasteiger partial charge in [0.05, 0.1) is 0 Å². The van der Waals surface area contributed by atoms with Crippen molar-refractivity contribution in [1.29, 1.82) is 0 Å². The number of hydrogen-bond donors (Lipinski definition) is 1. The summed E-state index contributed by atoms with van der Waals surface area (Å²) in [6.45, 7) is 6.92. The summed E-state index contributed by atoms with van der Waals surface area (Å²) in [5, 5.41) is 0. The highest BCUT2D eigenvalue weighted by molar-refractivity contribution is 5.56. The van der Waals surface area contributed by atoms with E-state index in [4.69, 9.17) is 5.73 Å². The van der Waals surface area contributed by atoms with Crippen LogP contribution in [0.4, 0.5) is 5.69 Å². The summed E-state index contributed by atoms with van der Waals surface area (Å²) < 4.78 is 0. The molecule has 0 spiro atoms. The molecule has 1 aliphatic rings. The zero-order valence-electron chi connectivity index (χ0n) is 8.59. The van der Waals surface area contributed by atoms with E-state index in [0.29, 0.717) is 11.3 Å². The molecular weight excluding hydrogens is 158 g/mol. The number of rotatable bonds is 0. The van der Waals surface area contributed by atoms with Crippen molar-refractivity contribution in [2.45, 2.75) is 32.6 Å². The summed E-state index contributed by atoms with van der Waals surface area (Å²) in [7, 11) is 0. The Kier molecular flexibility index (Phi) is 1.66. The van der Waals surface area contributed by atoms with Crippen LogP contribution < -0.4 is 5.73 Å². The van der Waals surface area contributed by atoms with E-state index in [1.807, 2.05) is 6.07 Å². The van der Waals surface area contributed by atoms with Gasteiger partial charge < -0.3 is 5.73 Å². The summed E-state index contributed by atoms with van der Waals surface area (Å²) >= 11 is 0. The molecule has 1 aromatic carbocycles. The lowest BCUT2D eigenvalue weighted by molar-refractivity contribution is 0.379. The smallest absolute Gasteiger partial charge is 0.0349 e. The maximum absolute atomic E-state index is 5.96. The fourth-order valence-corrected chi connectivity index (χ4v) is 2.26. The van der Waals surface area contributed by atoms with Gasteiger partial charge in [-0.15, -0.1) is 0 Å². The quantitative estimate of drug-likeness (QED) is 0.603. The van der Waals surface area contributed by atoms with Gasteiger partial charge in [-0.1, -0.05) is 32.9 Å². The number of fused-ring (bicyclic) bond motifs is 1. The predicted octanol–water partition coefficient (Wildman–Crippen LogP) is 2.74. The average molecular weight is 175 g/mol. The van der Waals surface area contributed by atoms with Crippen LogP contribution in [0.3, 0.4) is 0 Å². The maximum atomic E-state index is 5.96. The Hall–Kier alpha value is -0.980. The van der Waals surface area contributed by atoms with Gasteiger partial charge in [0.1, 0.15) is 0 Å². The van der Waals surface area contributed by atoms with E-state index in [1.165, 1.54) is 11.1 Å². The van der Waals surface area contributed by atoms with Crippen molar-refractivity contribution in [3.63, 3.8) is 0 Å². The lowest BCUT2D eigenvalue weighted by Gasteiger charge is -2.24. The van der Waals surface area contributed by atoms with Crippen LogP contribution in [0.2, 0.25) is 0 Å². The number of benzene rings is 1. The third-order valence-electron chi connectivity index (χ3n) is 3.65. The highest BCUT2D eigenvalue weighted by Crippen LogP contribution is 2.44. The Morgan fingerprint density at radius 2 is 2.08 bits per heavy atom. The molecule has 0 amide bonds. The van der Waals surface area contributed by atoms with Gasteiger partial charge in [0, 0.05) is 5.69 Å². The Morgan fingerprint density at radius 3 is 2.69 bits per heavy atom. The molecule has 0 heterocycles. The van der Waals surface area contributed by atoms with E-state index in [0.717, 1.165) is 12.1 Å². The molecule has 13 heavy (non-hydrogen) atoms. The second-order valence-electron chi connectivity index (χ2n) is 4.70. The van der Waals surface area contributed by atoms with E-state index in [1.54, 1.807) is 0 Å². The Bertz CT molecular complexity index is 339. The van der Waals surface area contributed by atoms with Gasteiger partial charge in [-0.25, -0.2) is 0 Å². The summed E-state index contributed by atoms with van der Waals surface area (Å²) in [5.74, 6) is 0.701. The third kappa shape index (κ3) is 1.06. The topological polar surface area (TPSA) is 26.0 Å². The van der Waals surface area contributed by atoms with Crippen molar-refractivity contribution in [1.82, 2.24) is 0 Å². The van der Waals surface area contributed by atoms with Crippen molar-refractivity contribution >= 4 is 5.69 Å². The van der Waals surface area contributed by atoms with Crippen molar-refractivity contribution in [2.75, 3.05) is 5.73 Å². The van der Waals surface area contributed by atoms with Gasteiger partial charge in [-0.05, 0) is 34.9 Å². The molecule has 0 aromatic heterocycles. The van der Waals surface area contributed by atoms with Crippen molar-refractivity contribution < 1.29 is 0 Å². The molecule has 2 rings (SSSR count). The van der Waals surface area contributed by atoms with Crippen LogP contribution in [0, 0.1) is 5.92 Å². The minimum absolute atomic E-state index is 0.296. The van der Waals surface area contributed by atoms with Crippen molar-refractivity contribution in [2.24, 2.45) is 5.92 Å². The van der Waals surface area contributed by atoms with Crippen LogP contribution in [0.1, 0.15) is 31.9 Å².